The number of rotatable bonds is 4. The second-order valence-corrected chi connectivity index (χ2v) is 4.50. The van der Waals surface area contributed by atoms with Crippen molar-refractivity contribution in [3.05, 3.63) is 42.1 Å². The van der Waals surface area contributed by atoms with Crippen LogP contribution in [0.5, 0.6) is 0 Å². The summed E-state index contributed by atoms with van der Waals surface area (Å²) in [5, 5.41) is 11.9. The van der Waals surface area contributed by atoms with E-state index in [9.17, 15) is 9.59 Å². The normalized spacial score (nSPS) is 10.0. The maximum absolute atomic E-state index is 11.8. The SMILES string of the molecule is CNC(=O)Cc1ccc(NC(=O)Nc2ccn(C)n2)cc1. The Labute approximate surface area is 122 Å². The summed E-state index contributed by atoms with van der Waals surface area (Å²) in [6, 6.07) is 8.42. The number of urea groups is 1. The van der Waals surface area contributed by atoms with E-state index in [4.69, 9.17) is 0 Å². The molecule has 3 N–H and O–H groups in total. The molecular weight excluding hydrogens is 270 g/mol. The van der Waals surface area contributed by atoms with Crippen molar-refractivity contribution in [2.24, 2.45) is 7.05 Å². The monoisotopic (exact) mass is 287 g/mol. The first-order chi connectivity index (χ1) is 10.1. The summed E-state index contributed by atoms with van der Waals surface area (Å²) in [4.78, 5) is 23.0. The van der Waals surface area contributed by atoms with E-state index in [1.807, 2.05) is 0 Å². The highest BCUT2D eigenvalue weighted by Gasteiger charge is 2.05. The van der Waals surface area contributed by atoms with E-state index in [2.05, 4.69) is 21.0 Å². The van der Waals surface area contributed by atoms with Crippen LogP contribution in [0.15, 0.2) is 36.5 Å². The number of likely N-dealkylation sites (N-methyl/N-ethyl adjacent to an activating group) is 1. The van der Waals surface area contributed by atoms with Crippen molar-refractivity contribution in [1.82, 2.24) is 15.1 Å². The van der Waals surface area contributed by atoms with Gasteiger partial charge in [0.25, 0.3) is 0 Å². The van der Waals surface area contributed by atoms with Crippen LogP contribution in [0, 0.1) is 0 Å². The topological polar surface area (TPSA) is 88.0 Å². The first-order valence-electron chi connectivity index (χ1n) is 6.44. The average molecular weight is 287 g/mol. The highest BCUT2D eigenvalue weighted by molar-refractivity contribution is 5.99. The van der Waals surface area contributed by atoms with E-state index in [1.54, 1.807) is 55.3 Å². The summed E-state index contributed by atoms with van der Waals surface area (Å²) < 4.78 is 1.60. The zero-order valence-corrected chi connectivity index (χ0v) is 11.9. The van der Waals surface area contributed by atoms with Crippen LogP contribution >= 0.6 is 0 Å². The van der Waals surface area contributed by atoms with Gasteiger partial charge in [0, 0.05) is 32.0 Å². The predicted molar refractivity (Wildman–Crippen MR) is 80.1 cm³/mol. The van der Waals surface area contributed by atoms with Gasteiger partial charge in [-0.2, -0.15) is 5.10 Å². The third-order valence-corrected chi connectivity index (χ3v) is 2.81. The second kappa shape index (κ2) is 6.56. The zero-order valence-electron chi connectivity index (χ0n) is 11.9. The Kier molecular flexibility index (Phi) is 4.55. The van der Waals surface area contributed by atoms with Gasteiger partial charge in [-0.15, -0.1) is 0 Å². The lowest BCUT2D eigenvalue weighted by Crippen LogP contribution is -2.20. The summed E-state index contributed by atoms with van der Waals surface area (Å²) in [6.45, 7) is 0. The van der Waals surface area contributed by atoms with Gasteiger partial charge in [-0.05, 0) is 17.7 Å². The molecule has 0 bridgehead atoms. The number of benzene rings is 1. The summed E-state index contributed by atoms with van der Waals surface area (Å²) in [6.07, 6.45) is 2.06. The quantitative estimate of drug-likeness (QED) is 0.793. The van der Waals surface area contributed by atoms with E-state index in [-0.39, 0.29) is 11.9 Å². The number of carbonyl (C=O) groups excluding carboxylic acids is 2. The Morgan fingerprint density at radius 1 is 1.14 bits per heavy atom. The molecule has 7 heteroatoms. The molecule has 0 unspecified atom stereocenters. The van der Waals surface area contributed by atoms with Gasteiger partial charge in [0.1, 0.15) is 0 Å². The lowest BCUT2D eigenvalue weighted by atomic mass is 10.1. The van der Waals surface area contributed by atoms with Crippen LogP contribution in [0.4, 0.5) is 16.3 Å². The van der Waals surface area contributed by atoms with Gasteiger partial charge in [0.2, 0.25) is 5.91 Å². The van der Waals surface area contributed by atoms with Crippen molar-refractivity contribution >= 4 is 23.4 Å². The molecular formula is C14H17N5O2. The maximum Gasteiger partial charge on any atom is 0.324 e. The van der Waals surface area contributed by atoms with Crippen molar-refractivity contribution in [3.8, 4) is 0 Å². The van der Waals surface area contributed by atoms with Crippen molar-refractivity contribution in [3.63, 3.8) is 0 Å². The summed E-state index contributed by atoms with van der Waals surface area (Å²) in [5.41, 5.74) is 1.52. The molecule has 0 saturated carbocycles. The van der Waals surface area contributed by atoms with Crippen LogP contribution in [0.25, 0.3) is 0 Å². The van der Waals surface area contributed by atoms with Gasteiger partial charge in [-0.3, -0.25) is 14.8 Å². The third kappa shape index (κ3) is 4.34. The minimum atomic E-state index is -0.368. The number of hydrogen-bond acceptors (Lipinski definition) is 3. The molecule has 0 spiro atoms. The highest BCUT2D eigenvalue weighted by Crippen LogP contribution is 2.11. The van der Waals surface area contributed by atoms with E-state index in [0.29, 0.717) is 17.9 Å². The Morgan fingerprint density at radius 3 is 2.43 bits per heavy atom. The third-order valence-electron chi connectivity index (χ3n) is 2.81. The van der Waals surface area contributed by atoms with E-state index in [0.717, 1.165) is 5.56 Å². The summed E-state index contributed by atoms with van der Waals surface area (Å²) >= 11 is 0. The van der Waals surface area contributed by atoms with Crippen molar-refractivity contribution in [1.29, 1.82) is 0 Å². The van der Waals surface area contributed by atoms with Gasteiger partial charge in [0.15, 0.2) is 5.82 Å². The number of nitrogens with one attached hydrogen (secondary N) is 3. The molecule has 110 valence electrons. The number of aromatic nitrogens is 2. The predicted octanol–water partition coefficient (Wildman–Crippen LogP) is 1.35. The lowest BCUT2D eigenvalue weighted by Gasteiger charge is -2.06. The van der Waals surface area contributed by atoms with Crippen LogP contribution in [0.2, 0.25) is 0 Å². The Hall–Kier alpha value is -2.83. The molecule has 0 atom stereocenters. The number of hydrogen-bond donors (Lipinski definition) is 3. The van der Waals surface area contributed by atoms with E-state index in [1.165, 1.54) is 0 Å². The number of anilines is 2. The van der Waals surface area contributed by atoms with Crippen LogP contribution < -0.4 is 16.0 Å². The van der Waals surface area contributed by atoms with Crippen LogP contribution in [0.1, 0.15) is 5.56 Å². The van der Waals surface area contributed by atoms with Gasteiger partial charge in [-0.25, -0.2) is 4.79 Å². The smallest absolute Gasteiger partial charge is 0.324 e. The fraction of sp³-hybridized carbons (Fsp3) is 0.214. The average Bonchev–Trinajstić information content (AvgIpc) is 2.86. The number of nitrogens with zero attached hydrogens (tertiary/aromatic N) is 2. The lowest BCUT2D eigenvalue weighted by molar-refractivity contribution is -0.119. The Balaban J connectivity index is 1.90. The summed E-state index contributed by atoms with van der Waals surface area (Å²) in [5.74, 6) is 0.426. The number of aryl methyl sites for hydroxylation is 1. The molecule has 21 heavy (non-hydrogen) atoms. The molecule has 1 heterocycles. The minimum absolute atomic E-state index is 0.0522. The van der Waals surface area contributed by atoms with Crippen molar-refractivity contribution in [2.45, 2.75) is 6.42 Å². The first-order valence-corrected chi connectivity index (χ1v) is 6.44. The first kappa shape index (κ1) is 14.6. The Bertz CT molecular complexity index is 633. The zero-order chi connectivity index (χ0) is 15.2. The molecule has 1 aromatic carbocycles. The molecule has 2 rings (SSSR count). The molecule has 0 aliphatic heterocycles. The molecule has 2 aromatic rings. The van der Waals surface area contributed by atoms with E-state index >= 15 is 0 Å². The molecule has 0 aliphatic rings. The van der Waals surface area contributed by atoms with Gasteiger partial charge in [0.05, 0.1) is 6.42 Å². The van der Waals surface area contributed by atoms with Gasteiger partial charge >= 0.3 is 6.03 Å². The maximum atomic E-state index is 11.8. The molecule has 1 aromatic heterocycles. The van der Waals surface area contributed by atoms with Crippen molar-refractivity contribution in [2.75, 3.05) is 17.7 Å². The van der Waals surface area contributed by atoms with Crippen LogP contribution in [-0.4, -0.2) is 28.8 Å². The molecule has 0 radical (unpaired) electrons. The minimum Gasteiger partial charge on any atom is -0.359 e. The summed E-state index contributed by atoms with van der Waals surface area (Å²) in [7, 11) is 3.37. The second-order valence-electron chi connectivity index (χ2n) is 4.50. The van der Waals surface area contributed by atoms with Crippen LogP contribution in [-0.2, 0) is 18.3 Å². The number of carbonyl (C=O) groups is 2. The van der Waals surface area contributed by atoms with Gasteiger partial charge in [-0.1, -0.05) is 12.1 Å². The number of amides is 3. The molecule has 0 aliphatic carbocycles. The Morgan fingerprint density at radius 2 is 1.86 bits per heavy atom. The fourth-order valence-electron chi connectivity index (χ4n) is 1.74. The molecule has 3 amide bonds. The fourth-order valence-corrected chi connectivity index (χ4v) is 1.74. The van der Waals surface area contributed by atoms with Crippen molar-refractivity contribution < 1.29 is 9.59 Å². The van der Waals surface area contributed by atoms with Crippen LogP contribution in [0.3, 0.4) is 0 Å². The largest absolute Gasteiger partial charge is 0.359 e. The standard InChI is InChI=1S/C14H17N5O2/c1-15-13(20)9-10-3-5-11(6-4-10)16-14(21)17-12-7-8-19(2)18-12/h3-8H,9H2,1-2H3,(H,15,20)(H2,16,17,18,21). The highest BCUT2D eigenvalue weighted by atomic mass is 16.2. The molecule has 7 nitrogen and oxygen atoms in total. The molecule has 0 fully saturated rings. The van der Waals surface area contributed by atoms with Gasteiger partial charge < -0.3 is 10.6 Å². The molecule has 0 saturated heterocycles. The van der Waals surface area contributed by atoms with E-state index < -0.39 is 0 Å².